The van der Waals surface area contributed by atoms with Crippen molar-refractivity contribution in [3.8, 4) is 6.07 Å². The summed E-state index contributed by atoms with van der Waals surface area (Å²) in [6.07, 6.45) is 1.29. The molecule has 3 atom stereocenters. The first-order valence-corrected chi connectivity index (χ1v) is 10.4. The first-order valence-electron chi connectivity index (χ1n) is 10.4. The number of amides is 1. The lowest BCUT2D eigenvalue weighted by Crippen LogP contribution is -2.43. The zero-order chi connectivity index (χ0) is 23.3. The molecule has 166 valence electrons. The molecular weight excluding hydrogens is 433 g/mol. The van der Waals surface area contributed by atoms with Gasteiger partial charge in [-0.1, -0.05) is 12.1 Å². The third kappa shape index (κ3) is 3.89. The molecule has 0 radical (unpaired) electrons. The molecule has 0 bridgehead atoms. The Kier molecular flexibility index (Phi) is 5.01. The Morgan fingerprint density at radius 3 is 2.82 bits per heavy atom. The number of benzene rings is 2. The van der Waals surface area contributed by atoms with Crippen molar-refractivity contribution in [1.82, 2.24) is 15.1 Å². The van der Waals surface area contributed by atoms with Crippen LogP contribution in [0.2, 0.25) is 0 Å². The number of ketones is 1. The number of carbonyl (C=O) groups excluding carboxylic acids is 2. The molecule has 0 aliphatic heterocycles. The van der Waals surface area contributed by atoms with Gasteiger partial charge in [0.05, 0.1) is 30.4 Å². The lowest BCUT2D eigenvalue weighted by molar-refractivity contribution is -0.120. The molecule has 3 aromatic rings. The molecule has 1 amide bonds. The largest absolute Gasteiger partial charge is 0.340 e. The number of nitriles is 1. The van der Waals surface area contributed by atoms with E-state index < -0.39 is 40.9 Å². The van der Waals surface area contributed by atoms with Gasteiger partial charge in [0.2, 0.25) is 0 Å². The van der Waals surface area contributed by atoms with Crippen molar-refractivity contribution in [2.75, 3.05) is 0 Å². The highest BCUT2D eigenvalue weighted by molar-refractivity contribution is 5.98. The fraction of sp³-hybridized carbons (Fsp3) is 0.250. The lowest BCUT2D eigenvalue weighted by Gasteiger charge is -2.15. The maximum Gasteiger partial charge on any atom is 0.275 e. The van der Waals surface area contributed by atoms with Crippen molar-refractivity contribution >= 4 is 11.7 Å². The van der Waals surface area contributed by atoms with Crippen LogP contribution in [0.25, 0.3) is 0 Å². The molecule has 1 fully saturated rings. The number of halogens is 3. The first kappa shape index (κ1) is 20.9. The standard InChI is InChI=1S/C24H17F3N4O2/c25-14-5-15-16-7-18(16)22(21(32)8-17(15)19(26)6-14)29-24(33)23-20(27)11-31(30-23)10-13-3-1-2-12(4-13)9-28/h1-6,11,16,18,22H,7-8,10H2,(H,29,33)/t16-,18-,22-/m0/s1. The fourth-order valence-electron chi connectivity index (χ4n) is 4.56. The van der Waals surface area contributed by atoms with E-state index >= 15 is 0 Å². The van der Waals surface area contributed by atoms with E-state index in [1.165, 1.54) is 10.7 Å². The van der Waals surface area contributed by atoms with Crippen molar-refractivity contribution < 1.29 is 22.8 Å². The van der Waals surface area contributed by atoms with E-state index in [0.717, 1.165) is 12.3 Å². The third-order valence-electron chi connectivity index (χ3n) is 6.18. The summed E-state index contributed by atoms with van der Waals surface area (Å²) in [6.45, 7) is 0.146. The predicted octanol–water partition coefficient (Wildman–Crippen LogP) is 3.25. The number of carbonyl (C=O) groups is 2. The van der Waals surface area contributed by atoms with Crippen molar-refractivity contribution in [1.29, 1.82) is 5.26 Å². The molecular formula is C24H17F3N4O2. The molecule has 6 nitrogen and oxygen atoms in total. The molecule has 1 N–H and O–H groups in total. The van der Waals surface area contributed by atoms with Gasteiger partial charge in [-0.05, 0) is 53.1 Å². The number of fused-ring (bicyclic) bond motifs is 3. The number of nitrogens with one attached hydrogen (secondary N) is 1. The van der Waals surface area contributed by atoms with Crippen LogP contribution < -0.4 is 5.32 Å². The second kappa shape index (κ2) is 7.89. The SMILES string of the molecule is N#Cc1cccc(Cn2cc(F)c(C(=O)N[C@@H]3C(=O)Cc4c(F)cc(F)cc4[C@@H]4C[C@H]34)n2)c1. The predicted molar refractivity (Wildman–Crippen MR) is 110 cm³/mol. The zero-order valence-electron chi connectivity index (χ0n) is 17.2. The molecule has 2 aliphatic carbocycles. The minimum Gasteiger partial charge on any atom is -0.340 e. The third-order valence-corrected chi connectivity index (χ3v) is 6.18. The van der Waals surface area contributed by atoms with Crippen LogP contribution in [0.1, 0.15) is 45.1 Å². The molecule has 1 heterocycles. The molecule has 1 saturated carbocycles. The number of Topliss-reactive ketones (excluding diaryl/α,β-unsaturated/α-hetero) is 1. The number of hydrogen-bond acceptors (Lipinski definition) is 4. The smallest absolute Gasteiger partial charge is 0.275 e. The quantitative estimate of drug-likeness (QED) is 0.661. The van der Waals surface area contributed by atoms with Crippen LogP contribution in [0.15, 0.2) is 42.6 Å². The monoisotopic (exact) mass is 450 g/mol. The van der Waals surface area contributed by atoms with Crippen LogP contribution >= 0.6 is 0 Å². The summed E-state index contributed by atoms with van der Waals surface area (Å²) >= 11 is 0. The number of aromatic nitrogens is 2. The van der Waals surface area contributed by atoms with E-state index in [1.807, 2.05) is 6.07 Å². The molecule has 9 heteroatoms. The summed E-state index contributed by atoms with van der Waals surface area (Å²) in [6, 6.07) is 9.78. The summed E-state index contributed by atoms with van der Waals surface area (Å²) < 4.78 is 43.7. The summed E-state index contributed by atoms with van der Waals surface area (Å²) in [5, 5.41) is 15.6. The van der Waals surface area contributed by atoms with Gasteiger partial charge in [-0.3, -0.25) is 14.3 Å². The molecule has 0 spiro atoms. The molecule has 5 rings (SSSR count). The number of nitrogens with zero attached hydrogens (tertiary/aromatic N) is 3. The molecule has 2 aliphatic rings. The van der Waals surface area contributed by atoms with Crippen molar-refractivity contribution in [3.63, 3.8) is 0 Å². The topological polar surface area (TPSA) is 87.8 Å². The summed E-state index contributed by atoms with van der Waals surface area (Å²) in [7, 11) is 0. The van der Waals surface area contributed by atoms with Gasteiger partial charge in [0.15, 0.2) is 17.3 Å². The average molecular weight is 450 g/mol. The highest BCUT2D eigenvalue weighted by Crippen LogP contribution is 2.53. The maximum atomic E-state index is 14.5. The summed E-state index contributed by atoms with van der Waals surface area (Å²) in [5.41, 5.74) is 1.30. The van der Waals surface area contributed by atoms with Gasteiger partial charge in [-0.2, -0.15) is 10.4 Å². The second-order valence-corrected chi connectivity index (χ2v) is 8.39. The second-order valence-electron chi connectivity index (χ2n) is 8.39. The van der Waals surface area contributed by atoms with Crippen LogP contribution in [-0.4, -0.2) is 27.5 Å². The van der Waals surface area contributed by atoms with Gasteiger partial charge >= 0.3 is 0 Å². The van der Waals surface area contributed by atoms with Gasteiger partial charge in [0, 0.05) is 12.5 Å². The zero-order valence-corrected chi connectivity index (χ0v) is 17.2. The molecule has 0 unspecified atom stereocenters. The van der Waals surface area contributed by atoms with E-state index in [0.29, 0.717) is 23.1 Å². The van der Waals surface area contributed by atoms with E-state index in [4.69, 9.17) is 5.26 Å². The first-order chi connectivity index (χ1) is 15.8. The van der Waals surface area contributed by atoms with Crippen LogP contribution in [0.5, 0.6) is 0 Å². The Bertz CT molecular complexity index is 1340. The van der Waals surface area contributed by atoms with Gasteiger partial charge in [-0.25, -0.2) is 13.2 Å². The number of rotatable bonds is 4. The minimum absolute atomic E-state index is 0.146. The van der Waals surface area contributed by atoms with Crippen LogP contribution in [0.4, 0.5) is 13.2 Å². The highest BCUT2D eigenvalue weighted by atomic mass is 19.1. The Morgan fingerprint density at radius 1 is 1.21 bits per heavy atom. The van der Waals surface area contributed by atoms with Crippen molar-refractivity contribution in [2.45, 2.75) is 31.3 Å². The minimum atomic E-state index is -0.936. The maximum absolute atomic E-state index is 14.5. The van der Waals surface area contributed by atoms with Crippen LogP contribution in [0.3, 0.4) is 0 Å². The molecule has 33 heavy (non-hydrogen) atoms. The Balaban J connectivity index is 1.34. The molecule has 2 aromatic carbocycles. The normalized spacial score (nSPS) is 20.9. The lowest BCUT2D eigenvalue weighted by atomic mass is 9.99. The van der Waals surface area contributed by atoms with Crippen molar-refractivity contribution in [3.05, 3.63) is 88.0 Å². The molecule has 0 saturated heterocycles. The van der Waals surface area contributed by atoms with Crippen LogP contribution in [0, 0.1) is 34.7 Å². The Hall–Kier alpha value is -3.93. The Labute approximate surface area is 186 Å². The van der Waals surface area contributed by atoms with E-state index in [2.05, 4.69) is 10.4 Å². The molecule has 1 aromatic heterocycles. The van der Waals surface area contributed by atoms with E-state index in [1.54, 1.807) is 24.3 Å². The van der Waals surface area contributed by atoms with Gasteiger partial charge in [-0.15, -0.1) is 0 Å². The summed E-state index contributed by atoms with van der Waals surface area (Å²) in [5.74, 6) is -4.14. The Morgan fingerprint density at radius 2 is 2.03 bits per heavy atom. The average Bonchev–Trinajstić information content (AvgIpc) is 3.49. The van der Waals surface area contributed by atoms with Crippen LogP contribution in [-0.2, 0) is 17.8 Å². The highest BCUT2D eigenvalue weighted by Gasteiger charge is 2.51. The van der Waals surface area contributed by atoms with E-state index in [9.17, 15) is 22.8 Å². The summed E-state index contributed by atoms with van der Waals surface area (Å²) in [4.78, 5) is 25.5. The fourth-order valence-corrected chi connectivity index (χ4v) is 4.56. The number of hydrogen-bond donors (Lipinski definition) is 1. The van der Waals surface area contributed by atoms with Gasteiger partial charge < -0.3 is 5.32 Å². The van der Waals surface area contributed by atoms with Gasteiger partial charge in [0.25, 0.3) is 5.91 Å². The van der Waals surface area contributed by atoms with E-state index in [-0.39, 0.29) is 30.4 Å². The van der Waals surface area contributed by atoms with Gasteiger partial charge in [0.1, 0.15) is 11.6 Å². The van der Waals surface area contributed by atoms with Crippen molar-refractivity contribution in [2.24, 2.45) is 5.92 Å².